The quantitative estimate of drug-likeness (QED) is 0.411. The van der Waals surface area contributed by atoms with Crippen LogP contribution < -0.4 is 9.78 Å². The van der Waals surface area contributed by atoms with Crippen molar-refractivity contribution < 1.29 is 9.78 Å². The number of hydrogen-bond acceptors (Lipinski definition) is 2. The molecule has 104 valence electrons. The lowest BCUT2D eigenvalue weighted by atomic mass is 10.1. The van der Waals surface area contributed by atoms with Crippen LogP contribution in [-0.4, -0.2) is 5.90 Å². The Balaban J connectivity index is 2.09. The summed E-state index contributed by atoms with van der Waals surface area (Å²) >= 11 is 0. The second-order valence-electron chi connectivity index (χ2n) is 4.88. The Bertz CT molecular complexity index is 795. The summed E-state index contributed by atoms with van der Waals surface area (Å²) in [5.74, 6) is -0.238. The van der Waals surface area contributed by atoms with Gasteiger partial charge in [-0.25, -0.2) is 0 Å². The molecule has 3 nitrogen and oxygen atoms in total. The van der Waals surface area contributed by atoms with Gasteiger partial charge in [0.1, 0.15) is 0 Å². The first kappa shape index (κ1) is 13.3. The smallest absolute Gasteiger partial charge is 0.210 e. The van der Waals surface area contributed by atoms with Gasteiger partial charge in [0.2, 0.25) is 12.4 Å². The molecule has 21 heavy (non-hydrogen) atoms. The second-order valence-corrected chi connectivity index (χ2v) is 4.88. The van der Waals surface area contributed by atoms with E-state index in [4.69, 9.17) is 0 Å². The van der Waals surface area contributed by atoms with Crippen molar-refractivity contribution in [1.82, 2.24) is 0 Å². The highest BCUT2D eigenvalue weighted by Gasteiger charge is 2.08. The predicted molar refractivity (Wildman–Crippen MR) is 81.9 cm³/mol. The molecule has 0 aliphatic carbocycles. The van der Waals surface area contributed by atoms with E-state index < -0.39 is 0 Å². The average molecular weight is 276 g/mol. The third kappa shape index (κ3) is 2.77. The zero-order chi connectivity index (χ0) is 14.7. The molecular weight excluding hydrogens is 260 g/mol. The topological polar surface area (TPSA) is 39.3 Å². The summed E-state index contributed by atoms with van der Waals surface area (Å²) in [4.78, 5) is 0. The number of benzene rings is 2. The molecular formula is C18H16N2O. The Hall–Kier alpha value is -2.68. The molecule has 0 amide bonds. The van der Waals surface area contributed by atoms with E-state index in [0.29, 0.717) is 5.56 Å². The highest BCUT2D eigenvalue weighted by molar-refractivity contribution is 5.90. The van der Waals surface area contributed by atoms with Crippen molar-refractivity contribution in [3.05, 3.63) is 78.1 Å². The molecule has 0 atom stereocenters. The van der Waals surface area contributed by atoms with Crippen LogP contribution >= 0.6 is 0 Å². The zero-order valence-electron chi connectivity index (χ0n) is 11.9. The summed E-state index contributed by atoms with van der Waals surface area (Å²) in [6.07, 6.45) is 4.70. The molecule has 3 heteroatoms. The maximum atomic E-state index is 12.2. The Kier molecular flexibility index (Phi) is 3.65. The van der Waals surface area contributed by atoms with Crippen molar-refractivity contribution in [1.29, 1.82) is 0 Å². The predicted octanol–water partition coefficient (Wildman–Crippen LogP) is 2.26. The van der Waals surface area contributed by atoms with E-state index in [1.54, 1.807) is 16.8 Å². The Morgan fingerprint density at radius 2 is 1.71 bits per heavy atom. The fraction of sp³-hybridized carbons (Fsp3) is 0.111. The number of aromatic nitrogens is 1. The van der Waals surface area contributed by atoms with E-state index in [1.165, 1.54) is 10.9 Å². The van der Waals surface area contributed by atoms with Crippen LogP contribution in [0.1, 0.15) is 18.1 Å². The van der Waals surface area contributed by atoms with Gasteiger partial charge in [0, 0.05) is 10.9 Å². The molecule has 2 aromatic carbocycles. The van der Waals surface area contributed by atoms with Crippen molar-refractivity contribution in [3.8, 4) is 0 Å². The molecule has 1 heterocycles. The third-order valence-corrected chi connectivity index (χ3v) is 3.47. The summed E-state index contributed by atoms with van der Waals surface area (Å²) in [6, 6.07) is 17.3. The van der Waals surface area contributed by atoms with Gasteiger partial charge < -0.3 is 5.11 Å². The van der Waals surface area contributed by atoms with E-state index in [9.17, 15) is 5.11 Å². The summed E-state index contributed by atoms with van der Waals surface area (Å²) in [7, 11) is 0. The molecule has 0 unspecified atom stereocenters. The molecule has 0 aliphatic heterocycles. The number of pyridine rings is 1. The van der Waals surface area contributed by atoms with Crippen LogP contribution in [-0.2, 0) is 6.42 Å². The van der Waals surface area contributed by atoms with Crippen molar-refractivity contribution in [2.75, 3.05) is 0 Å². The second kappa shape index (κ2) is 5.75. The van der Waals surface area contributed by atoms with Crippen molar-refractivity contribution >= 4 is 16.7 Å². The molecule has 0 bridgehead atoms. The van der Waals surface area contributed by atoms with Gasteiger partial charge in [0.05, 0.1) is 5.90 Å². The van der Waals surface area contributed by atoms with E-state index in [2.05, 4.69) is 18.1 Å². The van der Waals surface area contributed by atoms with Gasteiger partial charge in [-0.2, -0.15) is 0 Å². The summed E-state index contributed by atoms with van der Waals surface area (Å²) in [6.45, 7) is 2.10. The van der Waals surface area contributed by atoms with Gasteiger partial charge in [0.25, 0.3) is 0 Å². The van der Waals surface area contributed by atoms with Crippen LogP contribution in [0.25, 0.3) is 10.8 Å². The largest absolute Gasteiger partial charge is 0.854 e. The fourth-order valence-corrected chi connectivity index (χ4v) is 2.39. The Morgan fingerprint density at radius 1 is 1.00 bits per heavy atom. The molecule has 0 radical (unpaired) electrons. The van der Waals surface area contributed by atoms with Crippen LogP contribution in [0.4, 0.5) is 0 Å². The Labute approximate surface area is 123 Å². The van der Waals surface area contributed by atoms with E-state index in [-0.39, 0.29) is 5.90 Å². The minimum Gasteiger partial charge on any atom is -0.854 e. The van der Waals surface area contributed by atoms with Crippen LogP contribution in [0.5, 0.6) is 0 Å². The first-order valence-corrected chi connectivity index (χ1v) is 7.02. The van der Waals surface area contributed by atoms with E-state index in [1.807, 2.05) is 48.8 Å². The number of aryl methyl sites for hydroxylation is 1. The molecule has 3 aromatic rings. The van der Waals surface area contributed by atoms with Gasteiger partial charge in [-0.05, 0) is 28.5 Å². The van der Waals surface area contributed by atoms with E-state index >= 15 is 0 Å². The Morgan fingerprint density at radius 3 is 2.48 bits per heavy atom. The molecule has 3 rings (SSSR count). The third-order valence-electron chi connectivity index (χ3n) is 3.47. The molecule has 1 aromatic heterocycles. The monoisotopic (exact) mass is 276 g/mol. The standard InChI is InChI=1S/C18H16N2O/c1-2-14-12-20(13-16-10-6-7-11-17(14)16)19-18(21)15-8-4-3-5-9-15/h3-13H,2H2,1H3. The van der Waals surface area contributed by atoms with Gasteiger partial charge in [-0.15, -0.1) is 0 Å². The van der Waals surface area contributed by atoms with Crippen molar-refractivity contribution in [2.24, 2.45) is 5.10 Å². The molecule has 0 fully saturated rings. The summed E-state index contributed by atoms with van der Waals surface area (Å²) in [5, 5.41) is 18.6. The van der Waals surface area contributed by atoms with Crippen LogP contribution in [0.3, 0.4) is 0 Å². The van der Waals surface area contributed by atoms with Crippen molar-refractivity contribution in [2.45, 2.75) is 13.3 Å². The number of fused-ring (bicyclic) bond motifs is 1. The SMILES string of the molecule is CCc1c[n+](/N=C(\[O-])c2ccccc2)cc2ccccc12. The first-order chi connectivity index (χ1) is 10.3. The lowest BCUT2D eigenvalue weighted by molar-refractivity contribution is -0.680. The minimum absolute atomic E-state index is 0.238. The first-order valence-electron chi connectivity index (χ1n) is 7.02. The number of hydrogen-bond donors (Lipinski definition) is 0. The lowest BCUT2D eigenvalue weighted by Crippen LogP contribution is -2.34. The molecule has 0 saturated heterocycles. The van der Waals surface area contributed by atoms with Gasteiger partial charge in [-0.1, -0.05) is 60.1 Å². The van der Waals surface area contributed by atoms with Gasteiger partial charge in [0.15, 0.2) is 0 Å². The number of rotatable bonds is 3. The van der Waals surface area contributed by atoms with Crippen LogP contribution in [0.2, 0.25) is 0 Å². The highest BCUT2D eigenvalue weighted by Crippen LogP contribution is 2.16. The number of nitrogens with zero attached hydrogens (tertiary/aromatic N) is 2. The molecule has 0 N–H and O–H groups in total. The molecule has 0 spiro atoms. The normalized spacial score (nSPS) is 11.8. The summed E-state index contributed by atoms with van der Waals surface area (Å²) in [5.41, 5.74) is 1.77. The summed E-state index contributed by atoms with van der Waals surface area (Å²) < 4.78 is 1.62. The maximum absolute atomic E-state index is 12.2. The lowest BCUT2D eigenvalue weighted by Gasteiger charge is -2.07. The molecule has 0 aliphatic rings. The molecule has 0 saturated carbocycles. The van der Waals surface area contributed by atoms with Crippen molar-refractivity contribution in [3.63, 3.8) is 0 Å². The zero-order valence-corrected chi connectivity index (χ0v) is 11.9. The van der Waals surface area contributed by atoms with Gasteiger partial charge >= 0.3 is 0 Å². The van der Waals surface area contributed by atoms with E-state index in [0.717, 1.165) is 11.8 Å². The van der Waals surface area contributed by atoms with Crippen LogP contribution in [0, 0.1) is 0 Å². The minimum atomic E-state index is -0.238. The highest BCUT2D eigenvalue weighted by atomic mass is 16.3. The maximum Gasteiger partial charge on any atom is 0.210 e. The van der Waals surface area contributed by atoms with Crippen LogP contribution in [0.15, 0.2) is 72.1 Å². The fourth-order valence-electron chi connectivity index (χ4n) is 2.39. The van der Waals surface area contributed by atoms with Gasteiger partial charge in [-0.3, -0.25) is 0 Å². The average Bonchev–Trinajstić information content (AvgIpc) is 2.55.